The van der Waals surface area contributed by atoms with E-state index in [2.05, 4.69) is 31.0 Å². The van der Waals surface area contributed by atoms with E-state index in [4.69, 9.17) is 0 Å². The quantitative estimate of drug-likeness (QED) is 0.792. The van der Waals surface area contributed by atoms with Crippen LogP contribution in [0.2, 0.25) is 0 Å². The molecule has 1 aliphatic carbocycles. The van der Waals surface area contributed by atoms with Gasteiger partial charge in [0.15, 0.2) is 0 Å². The lowest BCUT2D eigenvalue weighted by Crippen LogP contribution is -2.48. The topological polar surface area (TPSA) is 15.3 Å². The number of rotatable bonds is 3. The first-order valence-electron chi connectivity index (χ1n) is 7.12. The Hall–Kier alpha value is -0.0800. The SMILES string of the molecule is CC(C)CC1CN(C2CC(C)C2)CCCN1. The molecule has 2 nitrogen and oxygen atoms in total. The molecule has 1 aliphatic heterocycles. The summed E-state index contributed by atoms with van der Waals surface area (Å²) in [4.78, 5) is 2.76. The minimum absolute atomic E-state index is 0.735. The molecule has 1 saturated heterocycles. The molecule has 0 amide bonds. The van der Waals surface area contributed by atoms with Crippen LogP contribution in [0.15, 0.2) is 0 Å². The van der Waals surface area contributed by atoms with Crippen molar-refractivity contribution >= 4 is 0 Å². The highest BCUT2D eigenvalue weighted by atomic mass is 15.2. The molecule has 1 atom stereocenters. The zero-order valence-corrected chi connectivity index (χ0v) is 11.2. The van der Waals surface area contributed by atoms with E-state index in [9.17, 15) is 0 Å². The minimum atomic E-state index is 0.735. The maximum absolute atomic E-state index is 3.72. The molecule has 1 saturated carbocycles. The zero-order chi connectivity index (χ0) is 11.5. The lowest BCUT2D eigenvalue weighted by Gasteiger charge is -2.42. The summed E-state index contributed by atoms with van der Waals surface area (Å²) in [6.07, 6.45) is 5.54. The Balaban J connectivity index is 1.83. The average molecular weight is 224 g/mol. The Bertz CT molecular complexity index is 209. The summed E-state index contributed by atoms with van der Waals surface area (Å²) in [6, 6.07) is 1.64. The second-order valence-electron chi connectivity index (χ2n) is 6.36. The predicted molar refractivity (Wildman–Crippen MR) is 69.6 cm³/mol. The molecular formula is C14H28N2. The Morgan fingerprint density at radius 1 is 1.31 bits per heavy atom. The van der Waals surface area contributed by atoms with E-state index in [0.717, 1.165) is 23.9 Å². The van der Waals surface area contributed by atoms with Crippen LogP contribution in [0, 0.1) is 11.8 Å². The van der Waals surface area contributed by atoms with Crippen molar-refractivity contribution in [1.82, 2.24) is 10.2 Å². The van der Waals surface area contributed by atoms with Crippen molar-refractivity contribution in [3.63, 3.8) is 0 Å². The molecule has 1 N–H and O–H groups in total. The molecule has 0 radical (unpaired) electrons. The molecule has 94 valence electrons. The van der Waals surface area contributed by atoms with Crippen LogP contribution in [0.5, 0.6) is 0 Å². The molecule has 2 heteroatoms. The fraction of sp³-hybridized carbons (Fsp3) is 1.00. The van der Waals surface area contributed by atoms with Crippen molar-refractivity contribution < 1.29 is 0 Å². The highest BCUT2D eigenvalue weighted by molar-refractivity contribution is 4.88. The summed E-state index contributed by atoms with van der Waals surface area (Å²) in [5.74, 6) is 1.79. The van der Waals surface area contributed by atoms with E-state index in [-0.39, 0.29) is 0 Å². The van der Waals surface area contributed by atoms with E-state index in [1.54, 1.807) is 0 Å². The van der Waals surface area contributed by atoms with Gasteiger partial charge < -0.3 is 5.32 Å². The third kappa shape index (κ3) is 3.21. The van der Waals surface area contributed by atoms with Crippen LogP contribution in [-0.4, -0.2) is 36.6 Å². The predicted octanol–water partition coefficient (Wildman–Crippen LogP) is 2.49. The average Bonchev–Trinajstić information content (AvgIpc) is 2.37. The van der Waals surface area contributed by atoms with Crippen molar-refractivity contribution in [2.75, 3.05) is 19.6 Å². The molecule has 2 fully saturated rings. The van der Waals surface area contributed by atoms with Gasteiger partial charge in [-0.15, -0.1) is 0 Å². The number of hydrogen-bond donors (Lipinski definition) is 1. The molecule has 0 aromatic rings. The van der Waals surface area contributed by atoms with Gasteiger partial charge in [0.2, 0.25) is 0 Å². The van der Waals surface area contributed by atoms with Crippen molar-refractivity contribution in [3.05, 3.63) is 0 Å². The first kappa shape index (κ1) is 12.4. The summed E-state index contributed by atoms with van der Waals surface area (Å²) in [5, 5.41) is 3.72. The molecule has 2 aliphatic rings. The molecule has 0 aromatic carbocycles. The van der Waals surface area contributed by atoms with E-state index in [1.807, 2.05) is 0 Å². The first-order valence-corrected chi connectivity index (χ1v) is 7.12. The van der Waals surface area contributed by atoms with Crippen LogP contribution in [0.3, 0.4) is 0 Å². The molecule has 1 heterocycles. The lowest BCUT2D eigenvalue weighted by atomic mass is 9.80. The third-order valence-electron chi connectivity index (χ3n) is 4.13. The Labute approximate surface area is 101 Å². The van der Waals surface area contributed by atoms with Gasteiger partial charge in [-0.1, -0.05) is 20.8 Å². The smallest absolute Gasteiger partial charge is 0.0197 e. The van der Waals surface area contributed by atoms with Crippen molar-refractivity contribution in [2.24, 2.45) is 11.8 Å². The second kappa shape index (κ2) is 5.50. The van der Waals surface area contributed by atoms with E-state index >= 15 is 0 Å². The van der Waals surface area contributed by atoms with Crippen molar-refractivity contribution in [3.8, 4) is 0 Å². The van der Waals surface area contributed by atoms with Crippen LogP contribution in [0.4, 0.5) is 0 Å². The zero-order valence-electron chi connectivity index (χ0n) is 11.2. The van der Waals surface area contributed by atoms with E-state index in [1.165, 1.54) is 45.3 Å². The molecule has 0 aromatic heterocycles. The minimum Gasteiger partial charge on any atom is -0.313 e. The maximum atomic E-state index is 3.72. The van der Waals surface area contributed by atoms with Gasteiger partial charge in [-0.3, -0.25) is 4.90 Å². The summed E-state index contributed by atoms with van der Waals surface area (Å²) < 4.78 is 0. The summed E-state index contributed by atoms with van der Waals surface area (Å²) in [6.45, 7) is 10.9. The van der Waals surface area contributed by atoms with Crippen LogP contribution < -0.4 is 5.32 Å². The van der Waals surface area contributed by atoms with Gasteiger partial charge in [0.1, 0.15) is 0 Å². The molecule has 1 unspecified atom stereocenters. The Kier molecular flexibility index (Phi) is 4.26. The Morgan fingerprint density at radius 3 is 2.69 bits per heavy atom. The fourth-order valence-corrected chi connectivity index (χ4v) is 3.24. The Morgan fingerprint density at radius 2 is 2.06 bits per heavy atom. The normalized spacial score (nSPS) is 37.1. The largest absolute Gasteiger partial charge is 0.313 e. The van der Waals surface area contributed by atoms with Crippen LogP contribution in [0.25, 0.3) is 0 Å². The summed E-state index contributed by atoms with van der Waals surface area (Å²) in [5.41, 5.74) is 0. The summed E-state index contributed by atoms with van der Waals surface area (Å²) >= 11 is 0. The van der Waals surface area contributed by atoms with Crippen LogP contribution >= 0.6 is 0 Å². The maximum Gasteiger partial charge on any atom is 0.0197 e. The monoisotopic (exact) mass is 224 g/mol. The second-order valence-corrected chi connectivity index (χ2v) is 6.36. The van der Waals surface area contributed by atoms with Gasteiger partial charge in [-0.05, 0) is 50.6 Å². The molecular weight excluding hydrogens is 196 g/mol. The first-order chi connectivity index (χ1) is 7.65. The highest BCUT2D eigenvalue weighted by Crippen LogP contribution is 2.31. The van der Waals surface area contributed by atoms with Crippen LogP contribution in [0.1, 0.15) is 46.5 Å². The van der Waals surface area contributed by atoms with Gasteiger partial charge in [-0.25, -0.2) is 0 Å². The fourth-order valence-electron chi connectivity index (χ4n) is 3.24. The third-order valence-corrected chi connectivity index (χ3v) is 4.13. The molecule has 2 rings (SSSR count). The van der Waals surface area contributed by atoms with Crippen LogP contribution in [-0.2, 0) is 0 Å². The molecule has 0 spiro atoms. The number of hydrogen-bond acceptors (Lipinski definition) is 2. The molecule has 0 bridgehead atoms. The van der Waals surface area contributed by atoms with Gasteiger partial charge >= 0.3 is 0 Å². The van der Waals surface area contributed by atoms with Gasteiger partial charge in [-0.2, -0.15) is 0 Å². The van der Waals surface area contributed by atoms with Gasteiger partial charge in [0, 0.05) is 18.6 Å². The van der Waals surface area contributed by atoms with Gasteiger partial charge in [0.25, 0.3) is 0 Å². The standard InChI is InChI=1S/C14H28N2/c1-11(2)7-13-10-16(6-4-5-15-13)14-8-12(3)9-14/h11-15H,4-10H2,1-3H3. The number of nitrogens with one attached hydrogen (secondary N) is 1. The van der Waals surface area contributed by atoms with Crippen molar-refractivity contribution in [1.29, 1.82) is 0 Å². The van der Waals surface area contributed by atoms with Gasteiger partial charge in [0.05, 0.1) is 0 Å². The van der Waals surface area contributed by atoms with E-state index < -0.39 is 0 Å². The lowest BCUT2D eigenvalue weighted by molar-refractivity contribution is 0.0827. The van der Waals surface area contributed by atoms with E-state index in [0.29, 0.717) is 0 Å². The number of nitrogens with zero attached hydrogens (tertiary/aromatic N) is 1. The summed E-state index contributed by atoms with van der Waals surface area (Å²) in [7, 11) is 0. The van der Waals surface area contributed by atoms with Crippen molar-refractivity contribution in [2.45, 2.75) is 58.5 Å². The highest BCUT2D eigenvalue weighted by Gasteiger charge is 2.32. The molecule has 16 heavy (non-hydrogen) atoms.